The van der Waals surface area contributed by atoms with Crippen LogP contribution in [0.25, 0.3) is 0 Å². The summed E-state index contributed by atoms with van der Waals surface area (Å²) in [5, 5.41) is 18.2. The van der Waals surface area contributed by atoms with Crippen LogP contribution in [0.3, 0.4) is 0 Å². The molecular formula is C10H12N2O2S. The highest BCUT2D eigenvalue weighted by molar-refractivity contribution is 7.12. The standard InChI is InChI=1S/C10H12N2O2S/c1-6(2)5-8-12-9(10(13)14)7(15-8)3-4-11/h6H,3,5H2,1-2H3,(H,13,14). The van der Waals surface area contributed by atoms with Crippen molar-refractivity contribution in [3.05, 3.63) is 15.6 Å². The molecule has 0 fully saturated rings. The molecule has 1 heterocycles. The predicted molar refractivity (Wildman–Crippen MR) is 56.9 cm³/mol. The van der Waals surface area contributed by atoms with Crippen molar-refractivity contribution < 1.29 is 9.90 Å². The Bertz CT molecular complexity index is 404. The van der Waals surface area contributed by atoms with Gasteiger partial charge in [0.05, 0.1) is 22.4 Å². The van der Waals surface area contributed by atoms with E-state index in [-0.39, 0.29) is 12.1 Å². The van der Waals surface area contributed by atoms with E-state index in [1.165, 1.54) is 11.3 Å². The normalized spacial score (nSPS) is 10.3. The van der Waals surface area contributed by atoms with Crippen LogP contribution in [0.15, 0.2) is 0 Å². The largest absolute Gasteiger partial charge is 0.476 e. The minimum atomic E-state index is -1.05. The van der Waals surface area contributed by atoms with Crippen LogP contribution in [0, 0.1) is 17.2 Å². The Kier molecular flexibility index (Phi) is 3.81. The molecule has 0 saturated heterocycles. The van der Waals surface area contributed by atoms with Gasteiger partial charge >= 0.3 is 5.97 Å². The predicted octanol–water partition coefficient (Wildman–Crippen LogP) is 2.11. The summed E-state index contributed by atoms with van der Waals surface area (Å²) in [5.41, 5.74) is 0.0391. The van der Waals surface area contributed by atoms with Gasteiger partial charge in [0.15, 0.2) is 5.69 Å². The molecule has 0 aliphatic carbocycles. The fourth-order valence-electron chi connectivity index (χ4n) is 1.20. The van der Waals surface area contributed by atoms with E-state index in [2.05, 4.69) is 4.98 Å². The van der Waals surface area contributed by atoms with Crippen molar-refractivity contribution >= 4 is 17.3 Å². The maximum Gasteiger partial charge on any atom is 0.355 e. The first kappa shape index (κ1) is 11.7. The van der Waals surface area contributed by atoms with Crippen LogP contribution < -0.4 is 0 Å². The van der Waals surface area contributed by atoms with Crippen molar-refractivity contribution in [1.29, 1.82) is 5.26 Å². The van der Waals surface area contributed by atoms with Crippen LogP contribution in [0.5, 0.6) is 0 Å². The molecule has 4 nitrogen and oxygen atoms in total. The van der Waals surface area contributed by atoms with E-state index in [4.69, 9.17) is 10.4 Å². The molecule has 1 rings (SSSR count). The Balaban J connectivity index is 2.99. The van der Waals surface area contributed by atoms with Crippen LogP contribution in [-0.2, 0) is 12.8 Å². The Hall–Kier alpha value is -1.41. The van der Waals surface area contributed by atoms with Crippen molar-refractivity contribution in [2.75, 3.05) is 0 Å². The molecule has 0 radical (unpaired) electrons. The lowest BCUT2D eigenvalue weighted by atomic mass is 10.1. The second kappa shape index (κ2) is 4.89. The van der Waals surface area contributed by atoms with Gasteiger partial charge in [-0.25, -0.2) is 9.78 Å². The van der Waals surface area contributed by atoms with Crippen LogP contribution >= 0.6 is 11.3 Å². The van der Waals surface area contributed by atoms with Gasteiger partial charge in [0.25, 0.3) is 0 Å². The number of nitrogens with zero attached hydrogens (tertiary/aromatic N) is 2. The average Bonchev–Trinajstić information content (AvgIpc) is 2.47. The summed E-state index contributed by atoms with van der Waals surface area (Å²) in [4.78, 5) is 15.4. The second-order valence-corrected chi connectivity index (χ2v) is 4.79. The number of thiazole rings is 1. The van der Waals surface area contributed by atoms with Crippen LogP contribution in [0.2, 0.25) is 0 Å². The summed E-state index contributed by atoms with van der Waals surface area (Å²) < 4.78 is 0. The van der Waals surface area contributed by atoms with E-state index in [1.54, 1.807) is 0 Å². The van der Waals surface area contributed by atoms with Gasteiger partial charge in [0.2, 0.25) is 0 Å². The first-order valence-electron chi connectivity index (χ1n) is 4.63. The van der Waals surface area contributed by atoms with Crippen LogP contribution in [-0.4, -0.2) is 16.1 Å². The van der Waals surface area contributed by atoms with E-state index in [1.807, 2.05) is 19.9 Å². The minimum Gasteiger partial charge on any atom is -0.476 e. The summed E-state index contributed by atoms with van der Waals surface area (Å²) in [7, 11) is 0. The lowest BCUT2D eigenvalue weighted by Gasteiger charge is -1.97. The van der Waals surface area contributed by atoms with Crippen molar-refractivity contribution in [2.24, 2.45) is 5.92 Å². The van der Waals surface area contributed by atoms with E-state index >= 15 is 0 Å². The van der Waals surface area contributed by atoms with Gasteiger partial charge < -0.3 is 5.11 Å². The zero-order valence-corrected chi connectivity index (χ0v) is 9.47. The molecule has 0 saturated carbocycles. The molecule has 0 aliphatic rings. The van der Waals surface area contributed by atoms with Gasteiger partial charge in [0.1, 0.15) is 0 Å². The van der Waals surface area contributed by atoms with Crippen molar-refractivity contribution in [2.45, 2.75) is 26.7 Å². The first-order valence-corrected chi connectivity index (χ1v) is 5.45. The van der Waals surface area contributed by atoms with E-state index in [0.29, 0.717) is 10.8 Å². The summed E-state index contributed by atoms with van der Waals surface area (Å²) in [6.07, 6.45) is 0.883. The molecule has 0 spiro atoms. The third kappa shape index (κ3) is 3.03. The second-order valence-electron chi connectivity index (χ2n) is 3.62. The van der Waals surface area contributed by atoms with Gasteiger partial charge in [0, 0.05) is 6.42 Å². The molecule has 1 aromatic rings. The summed E-state index contributed by atoms with van der Waals surface area (Å²) in [6.45, 7) is 4.09. The fraction of sp³-hybridized carbons (Fsp3) is 0.500. The summed E-state index contributed by atoms with van der Waals surface area (Å²) >= 11 is 1.33. The number of carbonyl (C=O) groups is 1. The fourth-order valence-corrected chi connectivity index (χ4v) is 2.40. The molecule has 0 atom stereocenters. The van der Waals surface area contributed by atoms with E-state index < -0.39 is 5.97 Å². The number of carboxylic acids is 1. The zero-order chi connectivity index (χ0) is 11.4. The van der Waals surface area contributed by atoms with Crippen molar-refractivity contribution in [1.82, 2.24) is 4.98 Å². The van der Waals surface area contributed by atoms with Gasteiger partial charge in [-0.15, -0.1) is 11.3 Å². The molecule has 80 valence electrons. The topological polar surface area (TPSA) is 74.0 Å². The van der Waals surface area contributed by atoms with Crippen LogP contribution in [0.4, 0.5) is 0 Å². The molecule has 1 N–H and O–H groups in total. The molecular weight excluding hydrogens is 212 g/mol. The number of hydrogen-bond acceptors (Lipinski definition) is 4. The molecule has 15 heavy (non-hydrogen) atoms. The molecule has 0 amide bonds. The smallest absolute Gasteiger partial charge is 0.355 e. The highest BCUT2D eigenvalue weighted by atomic mass is 32.1. The molecule has 0 bridgehead atoms. The van der Waals surface area contributed by atoms with E-state index in [9.17, 15) is 4.79 Å². The highest BCUT2D eigenvalue weighted by Gasteiger charge is 2.17. The van der Waals surface area contributed by atoms with E-state index in [0.717, 1.165) is 11.4 Å². The Morgan fingerprint density at radius 1 is 1.67 bits per heavy atom. The maximum atomic E-state index is 10.8. The zero-order valence-electron chi connectivity index (χ0n) is 8.65. The molecule has 5 heteroatoms. The van der Waals surface area contributed by atoms with Crippen molar-refractivity contribution in [3.8, 4) is 6.07 Å². The lowest BCUT2D eigenvalue weighted by Crippen LogP contribution is -2.01. The molecule has 0 aromatic carbocycles. The summed E-state index contributed by atoms with van der Waals surface area (Å²) in [5.74, 6) is -0.612. The minimum absolute atomic E-state index is 0.0391. The van der Waals surface area contributed by atoms with Crippen LogP contribution in [0.1, 0.15) is 34.2 Å². The number of hydrogen-bond donors (Lipinski definition) is 1. The Morgan fingerprint density at radius 3 is 2.80 bits per heavy atom. The van der Waals surface area contributed by atoms with Gasteiger partial charge in [-0.1, -0.05) is 13.8 Å². The van der Waals surface area contributed by atoms with Crippen molar-refractivity contribution in [3.63, 3.8) is 0 Å². The number of rotatable bonds is 4. The third-order valence-corrected chi connectivity index (χ3v) is 2.84. The SMILES string of the molecule is CC(C)Cc1nc(C(=O)O)c(CC#N)s1. The number of nitriles is 1. The number of carboxylic acid groups (broad SMARTS) is 1. The monoisotopic (exact) mass is 224 g/mol. The first-order chi connectivity index (χ1) is 7.04. The number of aromatic carboxylic acids is 1. The Morgan fingerprint density at radius 2 is 2.33 bits per heavy atom. The maximum absolute atomic E-state index is 10.8. The molecule has 0 unspecified atom stereocenters. The number of aromatic nitrogens is 1. The molecule has 1 aromatic heterocycles. The Labute approximate surface area is 92.2 Å². The van der Waals surface area contributed by atoms with Gasteiger partial charge in [-0.3, -0.25) is 0 Å². The molecule has 0 aliphatic heterocycles. The van der Waals surface area contributed by atoms with Gasteiger partial charge in [-0.2, -0.15) is 5.26 Å². The quantitative estimate of drug-likeness (QED) is 0.849. The summed E-state index contributed by atoms with van der Waals surface area (Å²) in [6, 6.07) is 1.95. The third-order valence-electron chi connectivity index (χ3n) is 1.77. The highest BCUT2D eigenvalue weighted by Crippen LogP contribution is 2.21. The average molecular weight is 224 g/mol. The lowest BCUT2D eigenvalue weighted by molar-refractivity contribution is 0.0690. The van der Waals surface area contributed by atoms with Gasteiger partial charge in [-0.05, 0) is 5.92 Å².